The molecule has 0 radical (unpaired) electrons. The molecular formula is C37H70O9. The molecule has 0 heterocycles. The largest absolute Gasteiger partial charge is 0.462 e. The number of aliphatic hydroxyl groups excluding tert-OH is 2. The number of rotatable bonds is 33. The monoisotopic (exact) mass is 659 g/mol. The summed E-state index contributed by atoms with van der Waals surface area (Å²) in [4.78, 5) is 35.0. The summed E-state index contributed by atoms with van der Waals surface area (Å²) in [6.45, 7) is 8.15. The van der Waals surface area contributed by atoms with Crippen LogP contribution >= 0.6 is 0 Å². The predicted octanol–water partition coefficient (Wildman–Crippen LogP) is 8.49. The highest BCUT2D eigenvalue weighted by Gasteiger charge is 2.22. The summed E-state index contributed by atoms with van der Waals surface area (Å²) in [5.41, 5.74) is 0. The molecule has 0 aromatic rings. The normalized spacial score (nSPS) is 14.0. The number of hydrogen-bond acceptors (Lipinski definition) is 9. The van der Waals surface area contributed by atoms with Crippen LogP contribution in [0.2, 0.25) is 0 Å². The molecule has 2 N–H and O–H groups in total. The number of ether oxygens (including phenoxy) is 4. The average Bonchev–Trinajstić information content (AvgIpc) is 3.06. The van der Waals surface area contributed by atoms with Crippen LogP contribution < -0.4 is 0 Å². The molecule has 0 aliphatic rings. The quantitative estimate of drug-likeness (QED) is 0.0309. The second-order valence-corrected chi connectivity index (χ2v) is 12.6. The van der Waals surface area contributed by atoms with Crippen molar-refractivity contribution in [3.8, 4) is 0 Å². The van der Waals surface area contributed by atoms with Crippen LogP contribution in [0.5, 0.6) is 0 Å². The van der Waals surface area contributed by atoms with Crippen LogP contribution in [0.1, 0.15) is 182 Å². The molecule has 9 heteroatoms. The Morgan fingerprint density at radius 3 is 1.59 bits per heavy atom. The lowest BCUT2D eigenvalue weighted by atomic mass is 9.99. The molecule has 0 aromatic heterocycles. The summed E-state index contributed by atoms with van der Waals surface area (Å²) < 4.78 is 21.7. The lowest BCUT2D eigenvalue weighted by Crippen LogP contribution is -2.31. The third-order valence-electron chi connectivity index (χ3n) is 8.33. The van der Waals surface area contributed by atoms with Gasteiger partial charge in [0, 0.05) is 25.9 Å². The van der Waals surface area contributed by atoms with Gasteiger partial charge in [0.15, 0.2) is 6.29 Å². The fraction of sp³-hybridized carbons (Fsp3) is 0.919. The van der Waals surface area contributed by atoms with E-state index in [0.717, 1.165) is 83.5 Å². The van der Waals surface area contributed by atoms with Crippen molar-refractivity contribution in [2.24, 2.45) is 0 Å². The average molecular weight is 659 g/mol. The van der Waals surface area contributed by atoms with Crippen molar-refractivity contribution >= 4 is 17.9 Å². The van der Waals surface area contributed by atoms with Gasteiger partial charge in [-0.1, -0.05) is 111 Å². The Morgan fingerprint density at radius 2 is 1.00 bits per heavy atom. The van der Waals surface area contributed by atoms with Crippen molar-refractivity contribution in [1.82, 2.24) is 0 Å². The Labute approximate surface area is 280 Å². The summed E-state index contributed by atoms with van der Waals surface area (Å²) in [7, 11) is 0. The maximum Gasteiger partial charge on any atom is 0.305 e. The zero-order valence-electron chi connectivity index (χ0n) is 29.9. The van der Waals surface area contributed by atoms with Gasteiger partial charge in [-0.05, 0) is 51.4 Å². The topological polar surface area (TPSA) is 129 Å². The summed E-state index contributed by atoms with van der Waals surface area (Å²) in [6.07, 6.45) is 19.5. The molecule has 272 valence electrons. The molecular weight excluding hydrogens is 588 g/mol. The molecule has 46 heavy (non-hydrogen) atoms. The van der Waals surface area contributed by atoms with Crippen LogP contribution in [0.3, 0.4) is 0 Å². The number of aliphatic hydroxyl groups is 2. The maximum atomic E-state index is 11.9. The minimum Gasteiger partial charge on any atom is -0.462 e. The molecule has 0 rings (SSSR count). The standard InChI is InChI=1S/C37H70O9/c1-5-9-10-11-16-21-26-32(38)33(46-36(41)8-4)27-22-17-12-13-19-24-29-43-37(42)28-23-18-14-15-20-25-31(45-35(40)7-3)30-44-34(39)6-2/h31-33,37-38,42H,5-30H2,1-4H3. The Bertz CT molecular complexity index is 730. The van der Waals surface area contributed by atoms with Gasteiger partial charge in [-0.3, -0.25) is 14.4 Å². The smallest absolute Gasteiger partial charge is 0.305 e. The minimum atomic E-state index is -0.725. The summed E-state index contributed by atoms with van der Waals surface area (Å²) in [5, 5.41) is 20.8. The van der Waals surface area contributed by atoms with Crippen molar-refractivity contribution in [2.75, 3.05) is 13.2 Å². The lowest BCUT2D eigenvalue weighted by molar-refractivity contribution is -0.159. The van der Waals surface area contributed by atoms with Gasteiger partial charge in [0.25, 0.3) is 0 Å². The Hall–Kier alpha value is -1.71. The van der Waals surface area contributed by atoms with Crippen LogP contribution in [0.25, 0.3) is 0 Å². The zero-order chi connectivity index (χ0) is 34.3. The van der Waals surface area contributed by atoms with Gasteiger partial charge < -0.3 is 29.2 Å². The number of carbonyl (C=O) groups is 3. The van der Waals surface area contributed by atoms with Crippen molar-refractivity contribution in [1.29, 1.82) is 0 Å². The van der Waals surface area contributed by atoms with Gasteiger partial charge >= 0.3 is 17.9 Å². The number of hydrogen-bond donors (Lipinski definition) is 2. The SMILES string of the molecule is CCCCCCCCC(O)C(CCCCCCCCOC(O)CCCCCCCC(COC(=O)CC)OC(=O)CC)OC(=O)CC. The maximum absolute atomic E-state index is 11.9. The molecule has 0 spiro atoms. The third kappa shape index (κ3) is 27.4. The third-order valence-corrected chi connectivity index (χ3v) is 8.33. The number of esters is 3. The highest BCUT2D eigenvalue weighted by molar-refractivity contribution is 5.70. The zero-order valence-corrected chi connectivity index (χ0v) is 29.9. The van der Waals surface area contributed by atoms with E-state index in [-0.39, 0.29) is 30.6 Å². The van der Waals surface area contributed by atoms with Crippen molar-refractivity contribution < 1.29 is 43.5 Å². The van der Waals surface area contributed by atoms with E-state index < -0.39 is 18.5 Å². The van der Waals surface area contributed by atoms with Crippen molar-refractivity contribution in [2.45, 2.75) is 206 Å². The second-order valence-electron chi connectivity index (χ2n) is 12.6. The summed E-state index contributed by atoms with van der Waals surface area (Å²) >= 11 is 0. The number of unbranched alkanes of at least 4 members (excludes halogenated alkanes) is 14. The van der Waals surface area contributed by atoms with Crippen LogP contribution in [0.4, 0.5) is 0 Å². The minimum absolute atomic E-state index is 0.116. The van der Waals surface area contributed by atoms with E-state index in [9.17, 15) is 24.6 Å². The van der Waals surface area contributed by atoms with Gasteiger partial charge in [0.1, 0.15) is 18.8 Å². The molecule has 0 bridgehead atoms. The number of carbonyl (C=O) groups excluding carboxylic acids is 3. The molecule has 4 unspecified atom stereocenters. The van der Waals surface area contributed by atoms with Crippen LogP contribution in [-0.2, 0) is 33.3 Å². The first-order chi connectivity index (χ1) is 22.3. The Balaban J connectivity index is 3.89. The summed E-state index contributed by atoms with van der Waals surface area (Å²) in [5.74, 6) is -0.804. The van der Waals surface area contributed by atoms with Gasteiger partial charge in [0.05, 0.1) is 6.10 Å². The van der Waals surface area contributed by atoms with Gasteiger partial charge in [-0.2, -0.15) is 0 Å². The molecule has 0 fully saturated rings. The first kappa shape index (κ1) is 44.3. The van der Waals surface area contributed by atoms with Crippen LogP contribution in [0.15, 0.2) is 0 Å². The molecule has 9 nitrogen and oxygen atoms in total. The van der Waals surface area contributed by atoms with E-state index in [4.69, 9.17) is 18.9 Å². The van der Waals surface area contributed by atoms with Gasteiger partial charge in [0.2, 0.25) is 0 Å². The fourth-order valence-electron chi connectivity index (χ4n) is 5.31. The highest BCUT2D eigenvalue weighted by Crippen LogP contribution is 2.19. The lowest BCUT2D eigenvalue weighted by Gasteiger charge is -2.23. The first-order valence-corrected chi connectivity index (χ1v) is 18.8. The second kappa shape index (κ2) is 31.9. The van der Waals surface area contributed by atoms with Crippen LogP contribution in [-0.4, -0.2) is 65.9 Å². The summed E-state index contributed by atoms with van der Waals surface area (Å²) in [6, 6.07) is 0. The Kier molecular flexibility index (Phi) is 30.7. The van der Waals surface area contributed by atoms with E-state index in [0.29, 0.717) is 51.6 Å². The molecule has 0 saturated carbocycles. The van der Waals surface area contributed by atoms with E-state index in [1.54, 1.807) is 20.8 Å². The molecule has 0 aliphatic carbocycles. The van der Waals surface area contributed by atoms with Crippen LogP contribution in [0, 0.1) is 0 Å². The highest BCUT2D eigenvalue weighted by atomic mass is 16.6. The molecule has 0 aliphatic heterocycles. The molecule has 0 aromatic carbocycles. The fourth-order valence-corrected chi connectivity index (χ4v) is 5.31. The van der Waals surface area contributed by atoms with Crippen molar-refractivity contribution in [3.05, 3.63) is 0 Å². The van der Waals surface area contributed by atoms with E-state index in [2.05, 4.69) is 6.92 Å². The van der Waals surface area contributed by atoms with Gasteiger partial charge in [-0.15, -0.1) is 0 Å². The Morgan fingerprint density at radius 1 is 0.522 bits per heavy atom. The van der Waals surface area contributed by atoms with E-state index >= 15 is 0 Å². The van der Waals surface area contributed by atoms with E-state index in [1.165, 1.54) is 25.7 Å². The molecule has 4 atom stereocenters. The van der Waals surface area contributed by atoms with E-state index in [1.807, 2.05) is 0 Å². The molecule has 0 saturated heterocycles. The van der Waals surface area contributed by atoms with Gasteiger partial charge in [-0.25, -0.2) is 0 Å². The van der Waals surface area contributed by atoms with Crippen molar-refractivity contribution in [3.63, 3.8) is 0 Å². The molecule has 0 amide bonds. The predicted molar refractivity (Wildman–Crippen MR) is 182 cm³/mol. The first-order valence-electron chi connectivity index (χ1n) is 18.8.